The molecule has 2 aromatic heterocycles. The van der Waals surface area contributed by atoms with Crippen molar-refractivity contribution in [2.45, 2.75) is 25.9 Å². The SMILES string of the molecule is Cc1cc2nc(N3CCC[C@@H](C(F)(F)F)C3)c3ccccc3n2n1. The van der Waals surface area contributed by atoms with Gasteiger partial charge in [0, 0.05) is 24.5 Å². The zero-order valence-electron chi connectivity index (χ0n) is 13.2. The first-order valence-electron chi connectivity index (χ1n) is 8.00. The van der Waals surface area contributed by atoms with Crippen molar-refractivity contribution in [2.24, 2.45) is 5.92 Å². The maximum atomic E-state index is 13.1. The number of aryl methyl sites for hydroxylation is 1. The molecule has 7 heteroatoms. The lowest BCUT2D eigenvalue weighted by Crippen LogP contribution is -2.42. The average Bonchev–Trinajstić information content (AvgIpc) is 2.94. The van der Waals surface area contributed by atoms with Crippen LogP contribution in [0.15, 0.2) is 30.3 Å². The number of hydrogen-bond donors (Lipinski definition) is 0. The monoisotopic (exact) mass is 334 g/mol. The lowest BCUT2D eigenvalue weighted by Gasteiger charge is -2.35. The van der Waals surface area contributed by atoms with Crippen LogP contribution in [0.1, 0.15) is 18.5 Å². The van der Waals surface area contributed by atoms with Gasteiger partial charge < -0.3 is 4.90 Å². The van der Waals surface area contributed by atoms with Crippen molar-refractivity contribution in [3.8, 4) is 0 Å². The minimum Gasteiger partial charge on any atom is -0.355 e. The molecule has 0 radical (unpaired) electrons. The van der Waals surface area contributed by atoms with E-state index >= 15 is 0 Å². The number of rotatable bonds is 1. The quantitative estimate of drug-likeness (QED) is 0.675. The second kappa shape index (κ2) is 5.36. The van der Waals surface area contributed by atoms with Crippen LogP contribution >= 0.6 is 0 Å². The summed E-state index contributed by atoms with van der Waals surface area (Å²) < 4.78 is 41.2. The minimum absolute atomic E-state index is 0.0379. The van der Waals surface area contributed by atoms with Crippen LogP contribution in [0.3, 0.4) is 0 Å². The molecule has 4 rings (SSSR count). The highest BCUT2D eigenvalue weighted by Crippen LogP contribution is 2.36. The fourth-order valence-corrected chi connectivity index (χ4v) is 3.44. The third-order valence-corrected chi connectivity index (χ3v) is 4.59. The predicted octanol–water partition coefficient (Wildman–Crippen LogP) is 3.97. The molecule has 0 saturated carbocycles. The van der Waals surface area contributed by atoms with Gasteiger partial charge in [0.25, 0.3) is 0 Å². The molecular formula is C17H17F3N4. The number of alkyl halides is 3. The largest absolute Gasteiger partial charge is 0.393 e. The fourth-order valence-electron chi connectivity index (χ4n) is 3.44. The molecule has 24 heavy (non-hydrogen) atoms. The first kappa shape index (κ1) is 15.2. The minimum atomic E-state index is -4.16. The van der Waals surface area contributed by atoms with E-state index in [1.165, 1.54) is 0 Å². The summed E-state index contributed by atoms with van der Waals surface area (Å²) in [7, 11) is 0. The number of nitrogens with zero attached hydrogens (tertiary/aromatic N) is 4. The van der Waals surface area contributed by atoms with Gasteiger partial charge in [-0.15, -0.1) is 0 Å². The number of piperidine rings is 1. The number of aromatic nitrogens is 3. The second-order valence-electron chi connectivity index (χ2n) is 6.34. The molecule has 0 amide bonds. The third kappa shape index (κ3) is 2.48. The molecule has 3 heterocycles. The van der Waals surface area contributed by atoms with Crippen LogP contribution in [-0.4, -0.2) is 33.9 Å². The summed E-state index contributed by atoms with van der Waals surface area (Å²) in [5.41, 5.74) is 2.35. The first-order chi connectivity index (χ1) is 11.4. The van der Waals surface area contributed by atoms with Crippen molar-refractivity contribution in [1.82, 2.24) is 14.6 Å². The van der Waals surface area contributed by atoms with Gasteiger partial charge in [-0.1, -0.05) is 12.1 Å². The van der Waals surface area contributed by atoms with Gasteiger partial charge in [-0.25, -0.2) is 9.50 Å². The van der Waals surface area contributed by atoms with E-state index in [-0.39, 0.29) is 13.0 Å². The fraction of sp³-hybridized carbons (Fsp3) is 0.412. The van der Waals surface area contributed by atoms with Crippen molar-refractivity contribution >= 4 is 22.4 Å². The van der Waals surface area contributed by atoms with Crippen molar-refractivity contribution in [1.29, 1.82) is 0 Å². The molecule has 3 aromatic rings. The number of para-hydroxylation sites is 1. The Hall–Kier alpha value is -2.31. The zero-order valence-corrected chi connectivity index (χ0v) is 13.2. The number of halogens is 3. The second-order valence-corrected chi connectivity index (χ2v) is 6.34. The number of fused-ring (bicyclic) bond motifs is 3. The summed E-state index contributed by atoms with van der Waals surface area (Å²) in [6.07, 6.45) is -3.46. The van der Waals surface area contributed by atoms with Crippen LogP contribution in [0.2, 0.25) is 0 Å². The van der Waals surface area contributed by atoms with Crippen LogP contribution in [-0.2, 0) is 0 Å². The van der Waals surface area contributed by atoms with Gasteiger partial charge in [0.15, 0.2) is 5.65 Å². The van der Waals surface area contributed by atoms with E-state index < -0.39 is 12.1 Å². The third-order valence-electron chi connectivity index (χ3n) is 4.59. The summed E-state index contributed by atoms with van der Waals surface area (Å²) in [6, 6.07) is 9.44. The summed E-state index contributed by atoms with van der Waals surface area (Å²) in [4.78, 5) is 6.39. The molecule has 0 unspecified atom stereocenters. The number of anilines is 1. The van der Waals surface area contributed by atoms with E-state index in [0.29, 0.717) is 24.4 Å². The van der Waals surface area contributed by atoms with E-state index in [0.717, 1.165) is 16.6 Å². The normalized spacial score (nSPS) is 19.3. The van der Waals surface area contributed by atoms with Crippen molar-refractivity contribution in [3.63, 3.8) is 0 Å². The Morgan fingerprint density at radius 3 is 2.79 bits per heavy atom. The molecule has 1 aliphatic heterocycles. The predicted molar refractivity (Wildman–Crippen MR) is 86.2 cm³/mol. The highest BCUT2D eigenvalue weighted by atomic mass is 19.4. The van der Waals surface area contributed by atoms with Crippen LogP contribution in [0.25, 0.3) is 16.6 Å². The Morgan fingerprint density at radius 1 is 1.21 bits per heavy atom. The van der Waals surface area contributed by atoms with E-state index in [2.05, 4.69) is 10.1 Å². The van der Waals surface area contributed by atoms with E-state index in [4.69, 9.17) is 0 Å². The van der Waals surface area contributed by atoms with Gasteiger partial charge in [0.2, 0.25) is 0 Å². The Balaban J connectivity index is 1.85. The van der Waals surface area contributed by atoms with Crippen LogP contribution in [0, 0.1) is 12.8 Å². The molecule has 1 saturated heterocycles. The molecule has 0 aliphatic carbocycles. The van der Waals surface area contributed by atoms with E-state index in [1.54, 1.807) is 9.42 Å². The standard InChI is InChI=1S/C17H17F3N4/c1-11-9-15-21-16(13-6-2-3-7-14(13)24(15)22-11)23-8-4-5-12(10-23)17(18,19)20/h2-3,6-7,9,12H,4-5,8,10H2,1H3/t12-/m1/s1. The molecule has 1 aromatic carbocycles. The van der Waals surface area contributed by atoms with Gasteiger partial charge in [-0.05, 0) is 31.9 Å². The Kier molecular flexibility index (Phi) is 3.40. The smallest absolute Gasteiger partial charge is 0.355 e. The van der Waals surface area contributed by atoms with E-state index in [1.807, 2.05) is 37.3 Å². The molecule has 0 N–H and O–H groups in total. The molecule has 1 aliphatic rings. The molecule has 126 valence electrons. The summed E-state index contributed by atoms with van der Waals surface area (Å²) in [5, 5.41) is 5.27. The Bertz CT molecular complexity index is 900. The van der Waals surface area contributed by atoms with Crippen LogP contribution in [0.5, 0.6) is 0 Å². The molecule has 0 spiro atoms. The lowest BCUT2D eigenvalue weighted by atomic mass is 9.97. The maximum Gasteiger partial charge on any atom is 0.393 e. The topological polar surface area (TPSA) is 33.4 Å². The summed E-state index contributed by atoms with van der Waals surface area (Å²) >= 11 is 0. The van der Waals surface area contributed by atoms with Gasteiger partial charge in [0.1, 0.15) is 5.82 Å². The molecule has 0 bridgehead atoms. The molecule has 1 atom stereocenters. The Morgan fingerprint density at radius 2 is 2.00 bits per heavy atom. The highest BCUT2D eigenvalue weighted by molar-refractivity contribution is 5.91. The van der Waals surface area contributed by atoms with Crippen molar-refractivity contribution in [2.75, 3.05) is 18.0 Å². The molecule has 1 fully saturated rings. The Labute approximate surface area is 136 Å². The van der Waals surface area contributed by atoms with Gasteiger partial charge in [0.05, 0.1) is 17.1 Å². The van der Waals surface area contributed by atoms with Crippen molar-refractivity contribution in [3.05, 3.63) is 36.0 Å². The van der Waals surface area contributed by atoms with Gasteiger partial charge in [-0.3, -0.25) is 0 Å². The van der Waals surface area contributed by atoms with E-state index in [9.17, 15) is 13.2 Å². The highest BCUT2D eigenvalue weighted by Gasteiger charge is 2.42. The van der Waals surface area contributed by atoms with Crippen molar-refractivity contribution < 1.29 is 13.2 Å². The van der Waals surface area contributed by atoms with Gasteiger partial charge >= 0.3 is 6.18 Å². The van der Waals surface area contributed by atoms with Crippen LogP contribution < -0.4 is 4.90 Å². The molecular weight excluding hydrogens is 317 g/mol. The van der Waals surface area contributed by atoms with Gasteiger partial charge in [-0.2, -0.15) is 18.3 Å². The summed E-state index contributed by atoms with van der Waals surface area (Å²) in [6.45, 7) is 2.43. The number of hydrogen-bond acceptors (Lipinski definition) is 3. The van der Waals surface area contributed by atoms with Crippen LogP contribution in [0.4, 0.5) is 19.0 Å². The number of benzene rings is 1. The maximum absolute atomic E-state index is 13.1. The zero-order chi connectivity index (χ0) is 16.9. The summed E-state index contributed by atoms with van der Waals surface area (Å²) in [5.74, 6) is -0.679. The lowest BCUT2D eigenvalue weighted by molar-refractivity contribution is -0.176. The average molecular weight is 334 g/mol. The first-order valence-corrected chi connectivity index (χ1v) is 8.00. The molecule has 4 nitrogen and oxygen atoms in total.